The summed E-state index contributed by atoms with van der Waals surface area (Å²) in [4.78, 5) is 0. The van der Waals surface area contributed by atoms with E-state index in [9.17, 15) is 0 Å². The van der Waals surface area contributed by atoms with Gasteiger partial charge < -0.3 is 20.1 Å². The van der Waals surface area contributed by atoms with Crippen molar-refractivity contribution in [3.05, 3.63) is 58.1 Å². The summed E-state index contributed by atoms with van der Waals surface area (Å²) in [5.41, 5.74) is 3.43. The molecule has 2 rings (SSSR count). The van der Waals surface area contributed by atoms with Crippen LogP contribution in [0.25, 0.3) is 0 Å². The van der Waals surface area contributed by atoms with Crippen molar-refractivity contribution in [2.75, 3.05) is 26.2 Å². The molecule has 27 heavy (non-hydrogen) atoms. The summed E-state index contributed by atoms with van der Waals surface area (Å²) in [7, 11) is 0. The van der Waals surface area contributed by atoms with Crippen LogP contribution in [0.4, 0.5) is 0 Å². The van der Waals surface area contributed by atoms with E-state index in [2.05, 4.69) is 48.7 Å². The van der Waals surface area contributed by atoms with Gasteiger partial charge in [-0.05, 0) is 63.2 Å². The van der Waals surface area contributed by atoms with Gasteiger partial charge >= 0.3 is 0 Å². The highest BCUT2D eigenvalue weighted by atomic mass is 35.5. The van der Waals surface area contributed by atoms with Crippen LogP contribution in [0, 0.1) is 6.92 Å². The molecule has 0 aliphatic rings. The molecule has 0 radical (unpaired) electrons. The Balaban J connectivity index is 1.98. The highest BCUT2D eigenvalue weighted by molar-refractivity contribution is 6.32. The van der Waals surface area contributed by atoms with Crippen LogP contribution in [0.2, 0.25) is 5.02 Å². The van der Waals surface area contributed by atoms with E-state index in [1.54, 1.807) is 0 Å². The zero-order valence-electron chi connectivity index (χ0n) is 16.6. The Morgan fingerprint density at radius 1 is 0.926 bits per heavy atom. The summed E-state index contributed by atoms with van der Waals surface area (Å²) in [5.74, 6) is 1.30. The van der Waals surface area contributed by atoms with Crippen LogP contribution < -0.4 is 20.1 Å². The molecule has 0 heterocycles. The van der Waals surface area contributed by atoms with Gasteiger partial charge in [-0.1, -0.05) is 48.4 Å². The molecule has 0 fully saturated rings. The molecule has 5 heteroatoms. The van der Waals surface area contributed by atoms with Crippen molar-refractivity contribution < 1.29 is 9.47 Å². The maximum absolute atomic E-state index is 6.50. The van der Waals surface area contributed by atoms with Crippen LogP contribution in [0.1, 0.15) is 37.0 Å². The molecule has 0 amide bonds. The van der Waals surface area contributed by atoms with E-state index in [0.717, 1.165) is 43.7 Å². The highest BCUT2D eigenvalue weighted by Gasteiger charge is 2.13. The number of benzene rings is 2. The minimum absolute atomic E-state index is 0.460. The summed E-state index contributed by atoms with van der Waals surface area (Å²) in [6.45, 7) is 10.9. The first-order valence-electron chi connectivity index (χ1n) is 9.69. The van der Waals surface area contributed by atoms with Gasteiger partial charge in [-0.3, -0.25) is 0 Å². The van der Waals surface area contributed by atoms with Gasteiger partial charge in [0.05, 0.1) is 11.6 Å². The normalized spacial score (nSPS) is 10.8. The van der Waals surface area contributed by atoms with Gasteiger partial charge in [0.25, 0.3) is 0 Å². The zero-order valence-corrected chi connectivity index (χ0v) is 17.4. The fraction of sp³-hybridized carbons (Fsp3) is 0.455. The number of aryl methyl sites for hydroxylation is 1. The summed E-state index contributed by atoms with van der Waals surface area (Å²) in [6.07, 6.45) is 1.09. The standard InChI is InChI=1S/C22H31ClN2O2/c1-4-24-11-6-12-25-15-19-13-20(23)22(21(14-19)26-5-2)27-16-18-9-7-17(3)8-10-18/h7-10,13-14,24-25H,4-6,11-12,15-16H2,1-3H3. The number of hydrogen-bond donors (Lipinski definition) is 2. The van der Waals surface area contributed by atoms with E-state index in [4.69, 9.17) is 21.1 Å². The monoisotopic (exact) mass is 390 g/mol. The molecule has 0 unspecified atom stereocenters. The molecule has 0 bridgehead atoms. The van der Waals surface area contributed by atoms with Gasteiger partial charge in [0.2, 0.25) is 0 Å². The van der Waals surface area contributed by atoms with Crippen LogP contribution in [0.5, 0.6) is 11.5 Å². The minimum atomic E-state index is 0.460. The van der Waals surface area contributed by atoms with Crippen molar-refractivity contribution in [2.24, 2.45) is 0 Å². The lowest BCUT2D eigenvalue weighted by Crippen LogP contribution is -2.21. The van der Waals surface area contributed by atoms with Crippen molar-refractivity contribution in [1.29, 1.82) is 0 Å². The number of nitrogens with one attached hydrogen (secondary N) is 2. The molecule has 2 aromatic rings. The lowest BCUT2D eigenvalue weighted by Gasteiger charge is -2.16. The molecule has 0 aliphatic heterocycles. The Kier molecular flexibility index (Phi) is 9.46. The predicted molar refractivity (Wildman–Crippen MR) is 113 cm³/mol. The smallest absolute Gasteiger partial charge is 0.180 e. The second-order valence-corrected chi connectivity index (χ2v) is 6.90. The minimum Gasteiger partial charge on any atom is -0.490 e. The highest BCUT2D eigenvalue weighted by Crippen LogP contribution is 2.37. The number of ether oxygens (including phenoxy) is 2. The average Bonchev–Trinajstić information content (AvgIpc) is 2.65. The molecular formula is C22H31ClN2O2. The molecule has 148 valence electrons. The Morgan fingerprint density at radius 2 is 1.67 bits per heavy atom. The third kappa shape index (κ3) is 7.41. The number of hydrogen-bond acceptors (Lipinski definition) is 4. The first-order chi connectivity index (χ1) is 13.1. The SMILES string of the molecule is CCNCCCNCc1cc(Cl)c(OCc2ccc(C)cc2)c(OCC)c1. The van der Waals surface area contributed by atoms with Gasteiger partial charge in [-0.2, -0.15) is 0 Å². The molecule has 4 nitrogen and oxygen atoms in total. The number of rotatable bonds is 12. The maximum Gasteiger partial charge on any atom is 0.180 e. The second-order valence-electron chi connectivity index (χ2n) is 6.50. The van der Waals surface area contributed by atoms with Crippen molar-refractivity contribution in [2.45, 2.75) is 40.3 Å². The summed E-state index contributed by atoms with van der Waals surface area (Å²) in [6, 6.07) is 12.2. The molecule has 0 atom stereocenters. The number of halogens is 1. The van der Waals surface area contributed by atoms with Crippen LogP contribution in [-0.2, 0) is 13.2 Å². The predicted octanol–water partition coefficient (Wildman–Crippen LogP) is 4.72. The quantitative estimate of drug-likeness (QED) is 0.515. The Labute approximate surface area is 168 Å². The molecule has 0 aliphatic carbocycles. The zero-order chi connectivity index (χ0) is 19.5. The van der Waals surface area contributed by atoms with Gasteiger partial charge in [-0.25, -0.2) is 0 Å². The summed E-state index contributed by atoms with van der Waals surface area (Å²) >= 11 is 6.50. The summed E-state index contributed by atoms with van der Waals surface area (Å²) < 4.78 is 11.8. The van der Waals surface area contributed by atoms with Crippen molar-refractivity contribution >= 4 is 11.6 Å². The van der Waals surface area contributed by atoms with Crippen molar-refractivity contribution in [3.63, 3.8) is 0 Å². The van der Waals surface area contributed by atoms with Gasteiger partial charge in [0.15, 0.2) is 11.5 Å². The van der Waals surface area contributed by atoms with Crippen molar-refractivity contribution in [3.8, 4) is 11.5 Å². The molecule has 2 N–H and O–H groups in total. The molecule has 0 aromatic heterocycles. The summed E-state index contributed by atoms with van der Waals surface area (Å²) in [5, 5.41) is 7.35. The molecule has 0 saturated heterocycles. The van der Waals surface area contributed by atoms with Crippen molar-refractivity contribution in [1.82, 2.24) is 10.6 Å². The molecular weight excluding hydrogens is 360 g/mol. The Bertz CT molecular complexity index is 689. The van der Waals surface area contributed by atoms with E-state index in [0.29, 0.717) is 29.7 Å². The van der Waals surface area contributed by atoms with Gasteiger partial charge in [0.1, 0.15) is 6.61 Å². The largest absolute Gasteiger partial charge is 0.490 e. The van der Waals surface area contributed by atoms with E-state index < -0.39 is 0 Å². The van der Waals surface area contributed by atoms with Gasteiger partial charge in [0, 0.05) is 6.54 Å². The third-order valence-electron chi connectivity index (χ3n) is 4.16. The first kappa shape index (κ1) is 21.5. The Hall–Kier alpha value is -1.75. The molecule has 0 spiro atoms. The van der Waals surface area contributed by atoms with Gasteiger partial charge in [-0.15, -0.1) is 0 Å². The topological polar surface area (TPSA) is 42.5 Å². The van der Waals surface area contributed by atoms with Crippen LogP contribution in [0.3, 0.4) is 0 Å². The van der Waals surface area contributed by atoms with E-state index in [1.165, 1.54) is 5.56 Å². The van der Waals surface area contributed by atoms with E-state index in [1.807, 2.05) is 19.1 Å². The molecule has 0 saturated carbocycles. The third-order valence-corrected chi connectivity index (χ3v) is 4.44. The lowest BCUT2D eigenvalue weighted by atomic mass is 10.1. The van der Waals surface area contributed by atoms with E-state index >= 15 is 0 Å². The van der Waals surface area contributed by atoms with Crippen LogP contribution >= 0.6 is 11.6 Å². The average molecular weight is 391 g/mol. The first-order valence-corrected chi connectivity index (χ1v) is 10.1. The van der Waals surface area contributed by atoms with Crippen LogP contribution in [-0.4, -0.2) is 26.2 Å². The fourth-order valence-corrected chi connectivity index (χ4v) is 3.00. The maximum atomic E-state index is 6.50. The van der Waals surface area contributed by atoms with E-state index in [-0.39, 0.29) is 0 Å². The second kappa shape index (κ2) is 11.9. The Morgan fingerprint density at radius 3 is 2.37 bits per heavy atom. The molecule has 2 aromatic carbocycles. The fourth-order valence-electron chi connectivity index (χ4n) is 2.71. The lowest BCUT2D eigenvalue weighted by molar-refractivity contribution is 0.269. The van der Waals surface area contributed by atoms with Crippen LogP contribution in [0.15, 0.2) is 36.4 Å².